The molecule has 0 atom stereocenters. The molecule has 0 saturated carbocycles. The number of nitrogens with zero attached hydrogens (tertiary/aromatic N) is 2. The first-order valence-electron chi connectivity index (χ1n) is 4.24. The number of carbonyl (C=O) groups excluding carboxylic acids is 1. The van der Waals surface area contributed by atoms with Crippen molar-refractivity contribution < 1.29 is 4.79 Å². The highest BCUT2D eigenvalue weighted by Gasteiger charge is 2.18. The highest BCUT2D eigenvalue weighted by molar-refractivity contribution is 5.92. The van der Waals surface area contributed by atoms with Gasteiger partial charge in [-0.1, -0.05) is 0 Å². The van der Waals surface area contributed by atoms with Crippen molar-refractivity contribution in [2.24, 2.45) is 5.41 Å². The number of nitriles is 1. The van der Waals surface area contributed by atoms with Crippen molar-refractivity contribution in [2.45, 2.75) is 13.8 Å². The highest BCUT2D eigenvalue weighted by atomic mass is 16.1. The number of aromatic amines is 1. The van der Waals surface area contributed by atoms with Crippen molar-refractivity contribution in [1.82, 2.24) is 15.5 Å². The minimum absolute atomic E-state index is 0.245. The summed E-state index contributed by atoms with van der Waals surface area (Å²) in [5.41, 5.74) is -0.144. The molecule has 0 saturated heterocycles. The molecule has 0 radical (unpaired) electrons. The Bertz CT molecular complexity index is 347. The summed E-state index contributed by atoms with van der Waals surface area (Å²) in [4.78, 5) is 11.4. The largest absolute Gasteiger partial charge is 0.349 e. The Morgan fingerprint density at radius 1 is 1.79 bits per heavy atom. The quantitative estimate of drug-likeness (QED) is 0.739. The molecule has 0 unspecified atom stereocenters. The van der Waals surface area contributed by atoms with Crippen molar-refractivity contribution in [1.29, 1.82) is 5.26 Å². The number of carbonyl (C=O) groups is 1. The molecule has 0 bridgehead atoms. The van der Waals surface area contributed by atoms with Gasteiger partial charge in [0.2, 0.25) is 0 Å². The third-order valence-corrected chi connectivity index (χ3v) is 1.74. The van der Waals surface area contributed by atoms with Crippen LogP contribution in [0.4, 0.5) is 0 Å². The van der Waals surface area contributed by atoms with Crippen LogP contribution in [0.5, 0.6) is 0 Å². The third-order valence-electron chi connectivity index (χ3n) is 1.74. The third kappa shape index (κ3) is 2.59. The van der Waals surface area contributed by atoms with E-state index in [0.717, 1.165) is 0 Å². The molecule has 1 heterocycles. The number of amides is 1. The monoisotopic (exact) mass is 192 g/mol. The average molecular weight is 192 g/mol. The Morgan fingerprint density at radius 2 is 2.50 bits per heavy atom. The van der Waals surface area contributed by atoms with Crippen LogP contribution in [0.15, 0.2) is 12.3 Å². The zero-order valence-corrected chi connectivity index (χ0v) is 8.16. The molecule has 1 rings (SSSR count). The van der Waals surface area contributed by atoms with Crippen molar-refractivity contribution in [3.63, 3.8) is 0 Å². The Kier molecular flexibility index (Phi) is 2.87. The molecule has 0 aliphatic rings. The van der Waals surface area contributed by atoms with E-state index in [1.807, 2.05) is 0 Å². The van der Waals surface area contributed by atoms with Gasteiger partial charge in [-0.05, 0) is 19.9 Å². The summed E-state index contributed by atoms with van der Waals surface area (Å²) in [6, 6.07) is 3.68. The molecule has 1 amide bonds. The summed E-state index contributed by atoms with van der Waals surface area (Å²) in [6.45, 7) is 3.85. The van der Waals surface area contributed by atoms with Gasteiger partial charge in [0.15, 0.2) is 0 Å². The van der Waals surface area contributed by atoms with Crippen LogP contribution in [0, 0.1) is 16.7 Å². The first kappa shape index (κ1) is 10.3. The van der Waals surface area contributed by atoms with E-state index < -0.39 is 5.41 Å². The molecular weight excluding hydrogens is 180 g/mol. The Morgan fingerprint density at radius 3 is 3.00 bits per heavy atom. The van der Waals surface area contributed by atoms with Crippen LogP contribution in [0.1, 0.15) is 24.3 Å². The van der Waals surface area contributed by atoms with Gasteiger partial charge in [0, 0.05) is 12.7 Å². The van der Waals surface area contributed by atoms with Crippen molar-refractivity contribution >= 4 is 5.91 Å². The van der Waals surface area contributed by atoms with Gasteiger partial charge >= 0.3 is 0 Å². The molecule has 5 heteroatoms. The van der Waals surface area contributed by atoms with Gasteiger partial charge in [0.05, 0.1) is 11.5 Å². The fraction of sp³-hybridized carbons (Fsp3) is 0.444. The second-order valence-electron chi connectivity index (χ2n) is 3.65. The molecule has 0 spiro atoms. The van der Waals surface area contributed by atoms with Gasteiger partial charge in [-0.15, -0.1) is 0 Å². The Balaban J connectivity index is 2.49. The van der Waals surface area contributed by atoms with Crippen molar-refractivity contribution in [2.75, 3.05) is 6.54 Å². The zero-order chi connectivity index (χ0) is 10.6. The molecule has 0 aliphatic heterocycles. The van der Waals surface area contributed by atoms with Crippen LogP contribution in [-0.2, 0) is 0 Å². The number of nitrogens with one attached hydrogen (secondary N) is 2. The van der Waals surface area contributed by atoms with Crippen LogP contribution in [-0.4, -0.2) is 22.6 Å². The number of rotatable bonds is 3. The maximum Gasteiger partial charge on any atom is 0.269 e. The van der Waals surface area contributed by atoms with E-state index in [1.165, 1.54) is 6.20 Å². The summed E-state index contributed by atoms with van der Waals surface area (Å²) in [7, 11) is 0. The summed E-state index contributed by atoms with van der Waals surface area (Å²) in [5, 5.41) is 17.6. The molecule has 74 valence electrons. The molecular formula is C9H12N4O. The van der Waals surface area contributed by atoms with E-state index in [0.29, 0.717) is 12.2 Å². The topological polar surface area (TPSA) is 81.6 Å². The standard InChI is InChI=1S/C9H12N4O/c1-9(2,5-10)6-11-8(14)7-3-4-12-13-7/h3-4H,6H2,1-2H3,(H,11,14)(H,12,13). The lowest BCUT2D eigenvalue weighted by atomic mass is 9.96. The molecule has 1 aromatic rings. The van der Waals surface area contributed by atoms with E-state index in [-0.39, 0.29) is 5.91 Å². The fourth-order valence-electron chi connectivity index (χ4n) is 0.818. The van der Waals surface area contributed by atoms with Crippen LogP contribution >= 0.6 is 0 Å². The van der Waals surface area contributed by atoms with Crippen molar-refractivity contribution in [3.05, 3.63) is 18.0 Å². The summed E-state index contributed by atoms with van der Waals surface area (Å²) < 4.78 is 0. The van der Waals surface area contributed by atoms with E-state index in [1.54, 1.807) is 19.9 Å². The molecule has 0 aromatic carbocycles. The van der Waals surface area contributed by atoms with E-state index >= 15 is 0 Å². The van der Waals surface area contributed by atoms with Gasteiger partial charge < -0.3 is 5.32 Å². The molecule has 5 nitrogen and oxygen atoms in total. The summed E-state index contributed by atoms with van der Waals surface area (Å²) in [6.07, 6.45) is 1.50. The highest BCUT2D eigenvalue weighted by Crippen LogP contribution is 2.10. The molecule has 0 fully saturated rings. The normalized spacial score (nSPS) is 10.6. The molecule has 2 N–H and O–H groups in total. The lowest BCUT2D eigenvalue weighted by Crippen LogP contribution is -2.33. The van der Waals surface area contributed by atoms with Gasteiger partial charge in [-0.2, -0.15) is 10.4 Å². The number of H-pyrrole nitrogens is 1. The lowest BCUT2D eigenvalue weighted by molar-refractivity contribution is 0.0938. The van der Waals surface area contributed by atoms with E-state index in [2.05, 4.69) is 21.6 Å². The van der Waals surface area contributed by atoms with Crippen LogP contribution in [0.25, 0.3) is 0 Å². The smallest absolute Gasteiger partial charge is 0.269 e. The van der Waals surface area contributed by atoms with Crippen molar-refractivity contribution in [3.8, 4) is 6.07 Å². The molecule has 0 aliphatic carbocycles. The zero-order valence-electron chi connectivity index (χ0n) is 8.16. The Hall–Kier alpha value is -1.83. The average Bonchev–Trinajstić information content (AvgIpc) is 2.67. The van der Waals surface area contributed by atoms with Gasteiger partial charge in [-0.25, -0.2) is 0 Å². The first-order valence-corrected chi connectivity index (χ1v) is 4.24. The predicted octanol–water partition coefficient (Wildman–Crippen LogP) is 0.689. The van der Waals surface area contributed by atoms with Crippen LogP contribution in [0.2, 0.25) is 0 Å². The predicted molar refractivity (Wildman–Crippen MR) is 50.3 cm³/mol. The Labute approximate surface area is 82.1 Å². The number of hydrogen-bond acceptors (Lipinski definition) is 3. The molecule has 14 heavy (non-hydrogen) atoms. The van der Waals surface area contributed by atoms with Crippen LogP contribution in [0.3, 0.4) is 0 Å². The first-order chi connectivity index (χ1) is 6.55. The SMILES string of the molecule is CC(C)(C#N)CNC(=O)c1ccn[nH]1. The van der Waals surface area contributed by atoms with Gasteiger partial charge in [0.25, 0.3) is 5.91 Å². The van der Waals surface area contributed by atoms with Gasteiger partial charge in [-0.3, -0.25) is 9.89 Å². The summed E-state index contributed by atoms with van der Waals surface area (Å²) in [5.74, 6) is -0.245. The minimum Gasteiger partial charge on any atom is -0.349 e. The van der Waals surface area contributed by atoms with Gasteiger partial charge in [0.1, 0.15) is 5.69 Å². The minimum atomic E-state index is -0.546. The maximum atomic E-state index is 11.4. The van der Waals surface area contributed by atoms with Crippen LogP contribution < -0.4 is 5.32 Å². The molecule has 1 aromatic heterocycles. The number of hydrogen-bond donors (Lipinski definition) is 2. The van der Waals surface area contributed by atoms with E-state index in [9.17, 15) is 4.79 Å². The number of aromatic nitrogens is 2. The second kappa shape index (κ2) is 3.92. The summed E-state index contributed by atoms with van der Waals surface area (Å²) >= 11 is 0. The maximum absolute atomic E-state index is 11.4. The fourth-order valence-corrected chi connectivity index (χ4v) is 0.818. The van der Waals surface area contributed by atoms with E-state index in [4.69, 9.17) is 5.26 Å². The lowest BCUT2D eigenvalue weighted by Gasteiger charge is -2.14. The second-order valence-corrected chi connectivity index (χ2v) is 3.65.